The monoisotopic (exact) mass is 205 g/mol. The first-order valence-electron chi connectivity index (χ1n) is 4.77. The SMILES string of the molecule is CC(CO)(CO)NC1CCCSC1. The van der Waals surface area contributed by atoms with E-state index in [1.807, 2.05) is 18.7 Å². The lowest BCUT2D eigenvalue weighted by Gasteiger charge is -2.33. The zero-order chi connectivity index (χ0) is 9.73. The lowest BCUT2D eigenvalue weighted by molar-refractivity contribution is 0.0949. The molecule has 3 N–H and O–H groups in total. The topological polar surface area (TPSA) is 52.5 Å². The van der Waals surface area contributed by atoms with Gasteiger partial charge in [0.25, 0.3) is 0 Å². The summed E-state index contributed by atoms with van der Waals surface area (Å²) >= 11 is 1.94. The normalized spacial score (nSPS) is 24.7. The fourth-order valence-electron chi connectivity index (χ4n) is 1.49. The van der Waals surface area contributed by atoms with Crippen LogP contribution in [0.4, 0.5) is 0 Å². The van der Waals surface area contributed by atoms with Gasteiger partial charge >= 0.3 is 0 Å². The van der Waals surface area contributed by atoms with Gasteiger partial charge in [-0.25, -0.2) is 0 Å². The molecule has 1 aliphatic rings. The molecule has 0 spiro atoms. The zero-order valence-corrected chi connectivity index (χ0v) is 8.94. The molecule has 1 rings (SSSR count). The molecule has 1 atom stereocenters. The van der Waals surface area contributed by atoms with Crippen LogP contribution in [0.2, 0.25) is 0 Å². The molecule has 4 heteroatoms. The maximum atomic E-state index is 9.09. The van der Waals surface area contributed by atoms with Crippen molar-refractivity contribution in [3.05, 3.63) is 0 Å². The highest BCUT2D eigenvalue weighted by Gasteiger charge is 2.26. The van der Waals surface area contributed by atoms with E-state index in [0.29, 0.717) is 6.04 Å². The Morgan fingerprint density at radius 2 is 2.15 bits per heavy atom. The van der Waals surface area contributed by atoms with Crippen molar-refractivity contribution < 1.29 is 10.2 Å². The molecule has 0 saturated carbocycles. The summed E-state index contributed by atoms with van der Waals surface area (Å²) in [6, 6.07) is 0.447. The van der Waals surface area contributed by atoms with Gasteiger partial charge in [-0.2, -0.15) is 11.8 Å². The molecule has 0 aromatic rings. The molecule has 0 aromatic heterocycles. The smallest absolute Gasteiger partial charge is 0.0633 e. The highest BCUT2D eigenvalue weighted by atomic mass is 32.2. The largest absolute Gasteiger partial charge is 0.394 e. The van der Waals surface area contributed by atoms with Crippen molar-refractivity contribution in [1.82, 2.24) is 5.32 Å². The Bertz CT molecular complexity index is 145. The number of hydrogen-bond acceptors (Lipinski definition) is 4. The van der Waals surface area contributed by atoms with Crippen LogP contribution in [0.3, 0.4) is 0 Å². The molecule has 1 saturated heterocycles. The van der Waals surface area contributed by atoms with Crippen LogP contribution in [0.15, 0.2) is 0 Å². The quantitative estimate of drug-likeness (QED) is 0.614. The fourth-order valence-corrected chi connectivity index (χ4v) is 2.56. The Morgan fingerprint density at radius 1 is 1.46 bits per heavy atom. The van der Waals surface area contributed by atoms with Gasteiger partial charge in [-0.3, -0.25) is 0 Å². The molecule has 0 radical (unpaired) electrons. The van der Waals surface area contributed by atoms with Gasteiger partial charge in [0.2, 0.25) is 0 Å². The summed E-state index contributed by atoms with van der Waals surface area (Å²) in [5, 5.41) is 21.5. The van der Waals surface area contributed by atoms with Crippen molar-refractivity contribution in [2.24, 2.45) is 0 Å². The van der Waals surface area contributed by atoms with Crippen molar-refractivity contribution in [1.29, 1.82) is 0 Å². The Morgan fingerprint density at radius 3 is 2.62 bits per heavy atom. The molecule has 0 aliphatic carbocycles. The van der Waals surface area contributed by atoms with Gasteiger partial charge < -0.3 is 15.5 Å². The molecule has 0 aromatic carbocycles. The van der Waals surface area contributed by atoms with Crippen molar-refractivity contribution >= 4 is 11.8 Å². The molecule has 78 valence electrons. The van der Waals surface area contributed by atoms with Gasteiger partial charge in [-0.05, 0) is 25.5 Å². The predicted molar refractivity (Wildman–Crippen MR) is 56.1 cm³/mol. The number of aliphatic hydroxyl groups is 2. The van der Waals surface area contributed by atoms with Gasteiger partial charge in [0.1, 0.15) is 0 Å². The molecule has 1 heterocycles. The van der Waals surface area contributed by atoms with E-state index in [2.05, 4.69) is 5.32 Å². The molecule has 3 nitrogen and oxygen atoms in total. The Kier molecular flexibility index (Phi) is 4.52. The van der Waals surface area contributed by atoms with E-state index < -0.39 is 5.54 Å². The van der Waals surface area contributed by atoms with E-state index in [1.165, 1.54) is 12.2 Å². The standard InChI is InChI=1S/C9H19NO2S/c1-9(6-11,7-12)10-8-3-2-4-13-5-8/h8,10-12H,2-7H2,1H3. The Labute approximate surface area is 83.9 Å². The highest BCUT2D eigenvalue weighted by Crippen LogP contribution is 2.18. The fraction of sp³-hybridized carbons (Fsp3) is 1.00. The van der Waals surface area contributed by atoms with E-state index in [1.54, 1.807) is 0 Å². The summed E-state index contributed by atoms with van der Waals surface area (Å²) in [6.45, 7) is 1.83. The number of rotatable bonds is 4. The lowest BCUT2D eigenvalue weighted by Crippen LogP contribution is -2.54. The van der Waals surface area contributed by atoms with Crippen LogP contribution in [-0.2, 0) is 0 Å². The van der Waals surface area contributed by atoms with Crippen molar-refractivity contribution in [3.8, 4) is 0 Å². The lowest BCUT2D eigenvalue weighted by atomic mass is 10.0. The average molecular weight is 205 g/mol. The number of thioether (sulfide) groups is 1. The number of nitrogens with one attached hydrogen (secondary N) is 1. The number of hydrogen-bond donors (Lipinski definition) is 3. The van der Waals surface area contributed by atoms with E-state index >= 15 is 0 Å². The van der Waals surface area contributed by atoms with E-state index in [9.17, 15) is 0 Å². The first kappa shape index (κ1) is 11.3. The first-order valence-corrected chi connectivity index (χ1v) is 5.93. The van der Waals surface area contributed by atoms with Crippen LogP contribution >= 0.6 is 11.8 Å². The molecule has 1 fully saturated rings. The minimum Gasteiger partial charge on any atom is -0.394 e. The van der Waals surface area contributed by atoms with Crippen molar-refractivity contribution in [2.45, 2.75) is 31.3 Å². The molecule has 1 aliphatic heterocycles. The van der Waals surface area contributed by atoms with E-state index in [0.717, 1.165) is 12.2 Å². The number of aliphatic hydroxyl groups excluding tert-OH is 2. The average Bonchev–Trinajstić information content (AvgIpc) is 2.19. The maximum Gasteiger partial charge on any atom is 0.0633 e. The Hall–Kier alpha value is 0.230. The third kappa shape index (κ3) is 3.46. The summed E-state index contributed by atoms with van der Waals surface area (Å²) in [4.78, 5) is 0. The molecule has 0 amide bonds. The molecule has 13 heavy (non-hydrogen) atoms. The molecular weight excluding hydrogens is 186 g/mol. The zero-order valence-electron chi connectivity index (χ0n) is 8.12. The molecule has 1 unspecified atom stereocenters. The second-order valence-corrected chi connectivity index (χ2v) is 5.09. The third-order valence-electron chi connectivity index (χ3n) is 2.41. The van der Waals surface area contributed by atoms with Gasteiger partial charge in [0.05, 0.1) is 18.8 Å². The van der Waals surface area contributed by atoms with Crippen molar-refractivity contribution in [3.63, 3.8) is 0 Å². The van der Waals surface area contributed by atoms with Crippen LogP contribution in [0.1, 0.15) is 19.8 Å². The molecule has 0 bridgehead atoms. The first-order chi connectivity index (χ1) is 6.20. The summed E-state index contributed by atoms with van der Waals surface area (Å²) in [5.41, 5.74) is -0.511. The van der Waals surface area contributed by atoms with Crippen LogP contribution in [-0.4, -0.2) is 46.5 Å². The van der Waals surface area contributed by atoms with Crippen LogP contribution in [0, 0.1) is 0 Å². The van der Waals surface area contributed by atoms with Gasteiger partial charge in [0, 0.05) is 11.8 Å². The van der Waals surface area contributed by atoms with Gasteiger partial charge in [-0.1, -0.05) is 0 Å². The summed E-state index contributed by atoms with van der Waals surface area (Å²) in [7, 11) is 0. The third-order valence-corrected chi connectivity index (χ3v) is 3.63. The summed E-state index contributed by atoms with van der Waals surface area (Å²) in [5.74, 6) is 2.34. The minimum atomic E-state index is -0.511. The highest BCUT2D eigenvalue weighted by molar-refractivity contribution is 7.99. The molecular formula is C9H19NO2S. The van der Waals surface area contributed by atoms with E-state index in [4.69, 9.17) is 10.2 Å². The van der Waals surface area contributed by atoms with Crippen molar-refractivity contribution in [2.75, 3.05) is 24.7 Å². The maximum absolute atomic E-state index is 9.09. The second kappa shape index (κ2) is 5.20. The summed E-state index contributed by atoms with van der Waals surface area (Å²) < 4.78 is 0. The van der Waals surface area contributed by atoms with Crippen LogP contribution in [0.5, 0.6) is 0 Å². The minimum absolute atomic E-state index is 0.00926. The van der Waals surface area contributed by atoms with E-state index in [-0.39, 0.29) is 13.2 Å². The van der Waals surface area contributed by atoms with Crippen LogP contribution < -0.4 is 5.32 Å². The predicted octanol–water partition coefficient (Wildman–Crippen LogP) is 0.215. The van der Waals surface area contributed by atoms with Crippen LogP contribution in [0.25, 0.3) is 0 Å². The second-order valence-electron chi connectivity index (χ2n) is 3.94. The summed E-state index contributed by atoms with van der Waals surface area (Å²) in [6.07, 6.45) is 2.39. The Balaban J connectivity index is 2.35. The van der Waals surface area contributed by atoms with Gasteiger partial charge in [-0.15, -0.1) is 0 Å². The van der Waals surface area contributed by atoms with Gasteiger partial charge in [0.15, 0.2) is 0 Å².